The van der Waals surface area contributed by atoms with Crippen LogP contribution in [0.3, 0.4) is 0 Å². The normalized spacial score (nSPS) is 11.1. The molecule has 21 heavy (non-hydrogen) atoms. The third-order valence-electron chi connectivity index (χ3n) is 3.99. The van der Waals surface area contributed by atoms with Crippen LogP contribution in [0.15, 0.2) is 30.3 Å². The number of aromatic amines is 1. The Kier molecular flexibility index (Phi) is 3.20. The van der Waals surface area contributed by atoms with E-state index < -0.39 is 0 Å². The van der Waals surface area contributed by atoms with Crippen LogP contribution in [0.5, 0.6) is 0 Å². The molecule has 0 aliphatic rings. The Morgan fingerprint density at radius 1 is 0.952 bits per heavy atom. The Morgan fingerprint density at radius 3 is 2.24 bits per heavy atom. The van der Waals surface area contributed by atoms with Gasteiger partial charge in [-0.05, 0) is 50.5 Å². The molecule has 2 aromatic carbocycles. The lowest BCUT2D eigenvalue weighted by molar-refractivity contribution is 1.08. The number of nitrogens with one attached hydrogen (secondary N) is 1. The van der Waals surface area contributed by atoms with Crippen molar-refractivity contribution in [3.05, 3.63) is 52.6 Å². The molecule has 0 bridgehead atoms. The minimum atomic E-state index is 0.884. The summed E-state index contributed by atoms with van der Waals surface area (Å²) in [6.45, 7) is 8.53. The van der Waals surface area contributed by atoms with E-state index in [1.54, 1.807) is 0 Å². The van der Waals surface area contributed by atoms with Crippen molar-refractivity contribution in [1.29, 1.82) is 0 Å². The standard InChI is InChI=1S/C18H21N3/c1-11-9-13(3)17(14(4)10-11)21(5)18-19-15-8-6-7-12(2)16(15)20-18/h6-10H,1-5H3,(H,19,20). The van der Waals surface area contributed by atoms with Gasteiger partial charge in [0, 0.05) is 12.7 Å². The molecule has 0 atom stereocenters. The zero-order valence-corrected chi connectivity index (χ0v) is 13.3. The molecule has 1 N–H and O–H groups in total. The summed E-state index contributed by atoms with van der Waals surface area (Å²) < 4.78 is 0. The molecule has 0 saturated carbocycles. The van der Waals surface area contributed by atoms with Crippen molar-refractivity contribution < 1.29 is 0 Å². The topological polar surface area (TPSA) is 31.9 Å². The summed E-state index contributed by atoms with van der Waals surface area (Å²) in [5.41, 5.74) is 8.38. The Bertz CT molecular complexity index is 791. The number of H-pyrrole nitrogens is 1. The number of para-hydroxylation sites is 1. The Morgan fingerprint density at radius 2 is 1.62 bits per heavy atom. The third kappa shape index (κ3) is 2.29. The van der Waals surface area contributed by atoms with Crippen molar-refractivity contribution >= 4 is 22.7 Å². The fourth-order valence-electron chi connectivity index (χ4n) is 3.13. The minimum absolute atomic E-state index is 0.884. The molecular formula is C18H21N3. The van der Waals surface area contributed by atoms with Gasteiger partial charge < -0.3 is 9.88 Å². The minimum Gasteiger partial charge on any atom is -0.324 e. The largest absolute Gasteiger partial charge is 0.324 e. The molecule has 1 aromatic heterocycles. The highest BCUT2D eigenvalue weighted by molar-refractivity contribution is 5.82. The second-order valence-corrected chi connectivity index (χ2v) is 5.84. The summed E-state index contributed by atoms with van der Waals surface area (Å²) in [7, 11) is 2.07. The van der Waals surface area contributed by atoms with E-state index in [0.717, 1.165) is 17.0 Å². The van der Waals surface area contributed by atoms with E-state index in [1.807, 2.05) is 0 Å². The van der Waals surface area contributed by atoms with Gasteiger partial charge >= 0.3 is 0 Å². The molecule has 0 aliphatic carbocycles. The second kappa shape index (κ2) is 4.92. The summed E-state index contributed by atoms with van der Waals surface area (Å²) >= 11 is 0. The number of aromatic nitrogens is 2. The number of aryl methyl sites for hydroxylation is 4. The van der Waals surface area contributed by atoms with Crippen molar-refractivity contribution in [3.63, 3.8) is 0 Å². The molecular weight excluding hydrogens is 258 g/mol. The van der Waals surface area contributed by atoms with Gasteiger partial charge in [-0.15, -0.1) is 0 Å². The van der Waals surface area contributed by atoms with Gasteiger partial charge in [0.05, 0.1) is 11.0 Å². The van der Waals surface area contributed by atoms with Crippen LogP contribution >= 0.6 is 0 Å². The number of imidazole rings is 1. The number of anilines is 2. The first-order chi connectivity index (χ1) is 9.97. The van der Waals surface area contributed by atoms with Crippen LogP contribution in [0, 0.1) is 27.7 Å². The van der Waals surface area contributed by atoms with Gasteiger partial charge in [0.2, 0.25) is 5.95 Å². The number of fused-ring (bicyclic) bond motifs is 1. The van der Waals surface area contributed by atoms with Crippen molar-refractivity contribution in [3.8, 4) is 0 Å². The van der Waals surface area contributed by atoms with Gasteiger partial charge in [0.25, 0.3) is 0 Å². The fourth-order valence-corrected chi connectivity index (χ4v) is 3.13. The highest BCUT2D eigenvalue weighted by Gasteiger charge is 2.14. The van der Waals surface area contributed by atoms with Crippen LogP contribution in [0.1, 0.15) is 22.3 Å². The van der Waals surface area contributed by atoms with Crippen molar-refractivity contribution in [2.24, 2.45) is 0 Å². The van der Waals surface area contributed by atoms with Crippen LogP contribution in [-0.4, -0.2) is 17.0 Å². The van der Waals surface area contributed by atoms with Crippen molar-refractivity contribution in [2.45, 2.75) is 27.7 Å². The summed E-state index contributed by atoms with van der Waals surface area (Å²) in [5, 5.41) is 0. The van der Waals surface area contributed by atoms with Crippen molar-refractivity contribution in [2.75, 3.05) is 11.9 Å². The lowest BCUT2D eigenvalue weighted by Gasteiger charge is -2.21. The molecule has 0 spiro atoms. The smallest absolute Gasteiger partial charge is 0.208 e. The molecule has 3 aromatic rings. The first-order valence-corrected chi connectivity index (χ1v) is 7.24. The number of hydrogen-bond donors (Lipinski definition) is 1. The highest BCUT2D eigenvalue weighted by Crippen LogP contribution is 2.31. The number of hydrogen-bond acceptors (Lipinski definition) is 2. The second-order valence-electron chi connectivity index (χ2n) is 5.84. The molecule has 3 heteroatoms. The molecule has 0 saturated heterocycles. The van der Waals surface area contributed by atoms with Gasteiger partial charge in [-0.25, -0.2) is 4.98 Å². The van der Waals surface area contributed by atoms with E-state index in [-0.39, 0.29) is 0 Å². The summed E-state index contributed by atoms with van der Waals surface area (Å²) in [5.74, 6) is 0.884. The van der Waals surface area contributed by atoms with Gasteiger partial charge in [-0.1, -0.05) is 29.8 Å². The van der Waals surface area contributed by atoms with Gasteiger partial charge in [-0.3, -0.25) is 0 Å². The predicted octanol–water partition coefficient (Wildman–Crippen LogP) is 4.56. The molecule has 1 heterocycles. The Labute approximate surface area is 125 Å². The fraction of sp³-hybridized carbons (Fsp3) is 0.278. The average molecular weight is 279 g/mol. The van der Waals surface area contributed by atoms with Crippen molar-refractivity contribution in [1.82, 2.24) is 9.97 Å². The molecule has 3 rings (SSSR count). The quantitative estimate of drug-likeness (QED) is 0.745. The summed E-state index contributed by atoms with van der Waals surface area (Å²) in [6.07, 6.45) is 0. The number of nitrogens with zero attached hydrogens (tertiary/aromatic N) is 2. The summed E-state index contributed by atoms with van der Waals surface area (Å²) in [6, 6.07) is 10.7. The van der Waals surface area contributed by atoms with E-state index in [2.05, 4.69) is 75.0 Å². The van der Waals surface area contributed by atoms with Gasteiger partial charge in [-0.2, -0.15) is 0 Å². The Balaban J connectivity index is 2.12. The van der Waals surface area contributed by atoms with Crippen LogP contribution in [0.4, 0.5) is 11.6 Å². The first-order valence-electron chi connectivity index (χ1n) is 7.24. The first kappa shape index (κ1) is 13.7. The van der Waals surface area contributed by atoms with Gasteiger partial charge in [0.15, 0.2) is 0 Å². The van der Waals surface area contributed by atoms with Crippen LogP contribution in [-0.2, 0) is 0 Å². The SMILES string of the molecule is Cc1cc(C)c(N(C)c2nc3c(C)cccc3[nH]2)c(C)c1. The number of benzene rings is 2. The Hall–Kier alpha value is -2.29. The highest BCUT2D eigenvalue weighted by atomic mass is 15.2. The maximum Gasteiger partial charge on any atom is 0.208 e. The molecule has 0 unspecified atom stereocenters. The van der Waals surface area contributed by atoms with E-state index in [1.165, 1.54) is 27.9 Å². The van der Waals surface area contributed by atoms with Crippen LogP contribution in [0.2, 0.25) is 0 Å². The third-order valence-corrected chi connectivity index (χ3v) is 3.99. The lowest BCUT2D eigenvalue weighted by atomic mass is 10.0. The average Bonchev–Trinajstić information content (AvgIpc) is 2.82. The molecule has 0 aliphatic heterocycles. The molecule has 3 nitrogen and oxygen atoms in total. The van der Waals surface area contributed by atoms with Crippen LogP contribution < -0.4 is 4.90 Å². The van der Waals surface area contributed by atoms with Crippen LogP contribution in [0.25, 0.3) is 11.0 Å². The van der Waals surface area contributed by atoms with E-state index in [9.17, 15) is 0 Å². The van der Waals surface area contributed by atoms with E-state index in [0.29, 0.717) is 0 Å². The zero-order valence-electron chi connectivity index (χ0n) is 13.3. The molecule has 0 fully saturated rings. The van der Waals surface area contributed by atoms with E-state index in [4.69, 9.17) is 4.98 Å². The molecule has 0 amide bonds. The molecule has 0 radical (unpaired) electrons. The maximum atomic E-state index is 4.76. The zero-order chi connectivity index (χ0) is 15.1. The maximum absolute atomic E-state index is 4.76. The summed E-state index contributed by atoms with van der Waals surface area (Å²) in [4.78, 5) is 10.3. The molecule has 108 valence electrons. The monoisotopic (exact) mass is 279 g/mol. The number of rotatable bonds is 2. The van der Waals surface area contributed by atoms with E-state index >= 15 is 0 Å². The van der Waals surface area contributed by atoms with Gasteiger partial charge in [0.1, 0.15) is 0 Å². The predicted molar refractivity (Wildman–Crippen MR) is 89.5 cm³/mol. The lowest BCUT2D eigenvalue weighted by Crippen LogP contribution is -2.14.